The highest BCUT2D eigenvalue weighted by Crippen LogP contribution is 2.28. The second kappa shape index (κ2) is 8.01. The molecule has 9 heteroatoms. The molecular formula is C23H19N5O3S. The molecule has 0 unspecified atom stereocenters. The van der Waals surface area contributed by atoms with E-state index in [1.54, 1.807) is 40.5 Å². The van der Waals surface area contributed by atoms with Gasteiger partial charge < -0.3 is 4.74 Å². The number of aryl methyl sites for hydroxylation is 2. The highest BCUT2D eigenvalue weighted by molar-refractivity contribution is 7.13. The molecule has 0 aliphatic heterocycles. The summed E-state index contributed by atoms with van der Waals surface area (Å²) in [7, 11) is 0. The average molecular weight is 446 g/mol. The Morgan fingerprint density at radius 3 is 2.84 bits per heavy atom. The number of thiophene rings is 1. The summed E-state index contributed by atoms with van der Waals surface area (Å²) in [6, 6.07) is 10.6. The van der Waals surface area contributed by atoms with Gasteiger partial charge in [-0.15, -0.1) is 11.3 Å². The minimum atomic E-state index is -0.517. The van der Waals surface area contributed by atoms with E-state index in [0.29, 0.717) is 40.2 Å². The topological polar surface area (TPSA) is 91.4 Å². The number of nitrogens with zero attached hydrogens (tertiary/aromatic N) is 5. The fourth-order valence-corrected chi connectivity index (χ4v) is 4.23. The Kier molecular flexibility index (Phi) is 5.02. The number of rotatable bonds is 5. The maximum Gasteiger partial charge on any atom is 0.339 e. The summed E-state index contributed by atoms with van der Waals surface area (Å²) in [6.07, 6.45) is 3.36. The predicted octanol–water partition coefficient (Wildman–Crippen LogP) is 3.85. The number of hydrogen-bond donors (Lipinski definition) is 0. The van der Waals surface area contributed by atoms with Gasteiger partial charge in [-0.2, -0.15) is 5.10 Å². The molecule has 8 nitrogen and oxygen atoms in total. The van der Waals surface area contributed by atoms with Gasteiger partial charge in [-0.3, -0.25) is 9.20 Å². The van der Waals surface area contributed by atoms with Crippen molar-refractivity contribution in [2.45, 2.75) is 27.0 Å². The first-order valence-electron chi connectivity index (χ1n) is 10.1. The summed E-state index contributed by atoms with van der Waals surface area (Å²) >= 11 is 1.54. The Bertz CT molecular complexity index is 1520. The molecule has 0 saturated carbocycles. The third-order valence-corrected chi connectivity index (χ3v) is 6.01. The molecule has 0 aromatic carbocycles. The predicted molar refractivity (Wildman–Crippen MR) is 122 cm³/mol. The molecule has 0 amide bonds. The van der Waals surface area contributed by atoms with Crippen LogP contribution in [-0.4, -0.2) is 30.1 Å². The summed E-state index contributed by atoms with van der Waals surface area (Å²) in [5.74, 6) is -0.517. The lowest BCUT2D eigenvalue weighted by Gasteiger charge is -2.09. The fourth-order valence-electron chi connectivity index (χ4n) is 3.55. The van der Waals surface area contributed by atoms with E-state index in [9.17, 15) is 9.59 Å². The summed E-state index contributed by atoms with van der Waals surface area (Å²) in [4.78, 5) is 35.6. The van der Waals surface area contributed by atoms with Gasteiger partial charge in [0.05, 0.1) is 33.4 Å². The van der Waals surface area contributed by atoms with E-state index in [0.717, 1.165) is 10.4 Å². The van der Waals surface area contributed by atoms with E-state index < -0.39 is 5.97 Å². The Morgan fingerprint density at radius 2 is 2.06 bits per heavy atom. The first-order valence-corrected chi connectivity index (χ1v) is 11.0. The van der Waals surface area contributed by atoms with Crippen molar-refractivity contribution in [2.24, 2.45) is 0 Å². The second-order valence-corrected chi connectivity index (χ2v) is 8.27. The van der Waals surface area contributed by atoms with Gasteiger partial charge in [0.2, 0.25) is 0 Å². The molecule has 0 aliphatic carbocycles. The highest BCUT2D eigenvalue weighted by Gasteiger charge is 2.19. The van der Waals surface area contributed by atoms with Crippen molar-refractivity contribution >= 4 is 34.0 Å². The van der Waals surface area contributed by atoms with E-state index >= 15 is 0 Å². The maximum absolute atomic E-state index is 13.0. The molecule has 0 N–H and O–H groups in total. The quantitative estimate of drug-likeness (QED) is 0.382. The average Bonchev–Trinajstić information content (AvgIpc) is 3.47. The Balaban J connectivity index is 1.49. The van der Waals surface area contributed by atoms with E-state index in [1.165, 1.54) is 10.5 Å². The van der Waals surface area contributed by atoms with Crippen molar-refractivity contribution in [1.82, 2.24) is 24.1 Å². The summed E-state index contributed by atoms with van der Waals surface area (Å²) in [5, 5.41) is 6.93. The van der Waals surface area contributed by atoms with Crippen LogP contribution in [0, 0.1) is 6.92 Å². The van der Waals surface area contributed by atoms with Crippen molar-refractivity contribution in [2.75, 3.05) is 0 Å². The SMILES string of the molecule is CCn1ncc2c(C(=O)OCc3cc(=O)n4cc(C)ccc4n3)cc(-c3cccs3)nc21. The number of ether oxygens (including phenoxy) is 1. The first kappa shape index (κ1) is 20.1. The standard InChI is InChI=1S/C23H19N5O3S/c1-3-28-22-17(11-24-28)16(10-18(26-22)19-5-4-8-32-19)23(30)31-13-15-9-21(29)27-12-14(2)6-7-20(27)25-15/h4-12H,3,13H2,1-2H3. The van der Waals surface area contributed by atoms with Crippen LogP contribution >= 0.6 is 11.3 Å². The fraction of sp³-hybridized carbons (Fsp3) is 0.174. The molecule has 5 heterocycles. The zero-order chi connectivity index (χ0) is 22.2. The molecule has 160 valence electrons. The van der Waals surface area contributed by atoms with Crippen LogP contribution < -0.4 is 5.56 Å². The Hall–Kier alpha value is -3.85. The van der Waals surface area contributed by atoms with E-state index in [1.807, 2.05) is 37.4 Å². The summed E-state index contributed by atoms with van der Waals surface area (Å²) in [6.45, 7) is 4.39. The largest absolute Gasteiger partial charge is 0.456 e. The van der Waals surface area contributed by atoms with Crippen LogP contribution in [0.1, 0.15) is 28.5 Å². The molecule has 0 spiro atoms. The normalized spacial score (nSPS) is 11.3. The molecule has 0 fully saturated rings. The van der Waals surface area contributed by atoms with Gasteiger partial charge in [0.15, 0.2) is 5.65 Å². The van der Waals surface area contributed by atoms with Gasteiger partial charge in [0.1, 0.15) is 12.3 Å². The molecule has 0 bridgehead atoms. The summed E-state index contributed by atoms with van der Waals surface area (Å²) < 4.78 is 8.77. The molecule has 5 aromatic rings. The van der Waals surface area contributed by atoms with E-state index in [2.05, 4.69) is 10.1 Å². The summed E-state index contributed by atoms with van der Waals surface area (Å²) in [5.41, 5.74) is 3.32. The van der Waals surface area contributed by atoms with E-state index in [-0.39, 0.29) is 12.2 Å². The molecule has 32 heavy (non-hydrogen) atoms. The Morgan fingerprint density at radius 1 is 1.19 bits per heavy atom. The minimum Gasteiger partial charge on any atom is -0.456 e. The molecule has 0 radical (unpaired) electrons. The van der Waals surface area contributed by atoms with Crippen molar-refractivity contribution in [3.8, 4) is 10.6 Å². The van der Waals surface area contributed by atoms with E-state index in [4.69, 9.17) is 9.72 Å². The highest BCUT2D eigenvalue weighted by atomic mass is 32.1. The zero-order valence-corrected chi connectivity index (χ0v) is 18.3. The lowest BCUT2D eigenvalue weighted by molar-refractivity contribution is 0.0470. The van der Waals surface area contributed by atoms with Crippen molar-refractivity contribution in [3.63, 3.8) is 0 Å². The molecule has 5 rings (SSSR count). The lowest BCUT2D eigenvalue weighted by Crippen LogP contribution is -2.17. The number of esters is 1. The van der Waals surface area contributed by atoms with Gasteiger partial charge in [-0.25, -0.2) is 19.4 Å². The van der Waals surface area contributed by atoms with Crippen LogP contribution in [0.3, 0.4) is 0 Å². The molecular weight excluding hydrogens is 426 g/mol. The van der Waals surface area contributed by atoms with Crippen LogP contribution in [-0.2, 0) is 17.9 Å². The first-order chi connectivity index (χ1) is 15.5. The molecule has 0 aliphatic rings. The minimum absolute atomic E-state index is 0.113. The number of fused-ring (bicyclic) bond motifs is 2. The number of carbonyl (C=O) groups is 1. The second-order valence-electron chi connectivity index (χ2n) is 7.33. The maximum atomic E-state index is 13.0. The third kappa shape index (κ3) is 3.56. The van der Waals surface area contributed by atoms with Gasteiger partial charge in [0, 0.05) is 18.8 Å². The van der Waals surface area contributed by atoms with Crippen molar-refractivity contribution in [3.05, 3.63) is 81.3 Å². The smallest absolute Gasteiger partial charge is 0.339 e. The van der Waals surface area contributed by atoms with Gasteiger partial charge in [-0.05, 0) is 43.0 Å². The van der Waals surface area contributed by atoms with Crippen LogP contribution in [0.25, 0.3) is 27.3 Å². The zero-order valence-electron chi connectivity index (χ0n) is 17.5. The number of pyridine rings is 2. The van der Waals surface area contributed by atoms with Crippen molar-refractivity contribution in [1.29, 1.82) is 0 Å². The molecule has 0 saturated heterocycles. The van der Waals surface area contributed by atoms with Gasteiger partial charge in [0.25, 0.3) is 5.56 Å². The lowest BCUT2D eigenvalue weighted by atomic mass is 10.1. The van der Waals surface area contributed by atoms with Crippen molar-refractivity contribution < 1.29 is 9.53 Å². The van der Waals surface area contributed by atoms with Crippen LogP contribution in [0.15, 0.2) is 59.0 Å². The number of hydrogen-bond acceptors (Lipinski definition) is 7. The van der Waals surface area contributed by atoms with Crippen LogP contribution in [0.2, 0.25) is 0 Å². The van der Waals surface area contributed by atoms with Crippen LogP contribution in [0.4, 0.5) is 0 Å². The van der Waals surface area contributed by atoms with Gasteiger partial charge >= 0.3 is 5.97 Å². The third-order valence-electron chi connectivity index (χ3n) is 5.11. The monoisotopic (exact) mass is 445 g/mol. The van der Waals surface area contributed by atoms with Crippen LogP contribution in [0.5, 0.6) is 0 Å². The van der Waals surface area contributed by atoms with Gasteiger partial charge in [-0.1, -0.05) is 12.1 Å². The number of aromatic nitrogens is 5. The Labute approximate surface area is 186 Å². The molecule has 0 atom stereocenters. The molecule has 5 aromatic heterocycles. The number of carbonyl (C=O) groups excluding carboxylic acids is 1.